The van der Waals surface area contributed by atoms with Crippen LogP contribution in [0.1, 0.15) is 29.9 Å². The van der Waals surface area contributed by atoms with Crippen molar-refractivity contribution in [3.05, 3.63) is 58.2 Å². The number of amides is 1. The summed E-state index contributed by atoms with van der Waals surface area (Å²) in [5.41, 5.74) is 1.92. The number of hydrogen-bond donors (Lipinski definition) is 2. The SMILES string of the molecule is CCOC(=O)c1n[nH]nc1-c1cc(OCC)c(OCC(=O)NCc2ccccc2)cc1Br. The van der Waals surface area contributed by atoms with Crippen LogP contribution in [0.2, 0.25) is 0 Å². The number of nitrogens with one attached hydrogen (secondary N) is 2. The van der Waals surface area contributed by atoms with E-state index < -0.39 is 5.97 Å². The monoisotopic (exact) mass is 502 g/mol. The molecule has 0 radical (unpaired) electrons. The summed E-state index contributed by atoms with van der Waals surface area (Å²) in [6.45, 7) is 4.36. The molecular weight excluding hydrogens is 480 g/mol. The van der Waals surface area contributed by atoms with E-state index in [-0.39, 0.29) is 24.8 Å². The molecule has 0 aliphatic rings. The molecule has 1 amide bonds. The van der Waals surface area contributed by atoms with Crippen LogP contribution in [0.3, 0.4) is 0 Å². The van der Waals surface area contributed by atoms with E-state index in [2.05, 4.69) is 36.7 Å². The smallest absolute Gasteiger partial charge is 0.361 e. The molecule has 168 valence electrons. The normalized spacial score (nSPS) is 10.5. The molecule has 0 bridgehead atoms. The molecule has 32 heavy (non-hydrogen) atoms. The van der Waals surface area contributed by atoms with Crippen LogP contribution < -0.4 is 14.8 Å². The fourth-order valence-electron chi connectivity index (χ4n) is 2.85. The van der Waals surface area contributed by atoms with Crippen LogP contribution in [-0.4, -0.2) is 47.1 Å². The van der Waals surface area contributed by atoms with Gasteiger partial charge in [0, 0.05) is 16.6 Å². The Morgan fingerprint density at radius 1 is 1.03 bits per heavy atom. The van der Waals surface area contributed by atoms with Gasteiger partial charge in [0.05, 0.1) is 13.2 Å². The average molecular weight is 503 g/mol. The molecular formula is C22H23BrN4O5. The molecule has 0 aliphatic heterocycles. The Balaban J connectivity index is 1.75. The standard InChI is InChI=1S/C22H23BrN4O5/c1-3-30-17-10-15(20-21(26-27-25-20)22(29)31-4-2)16(23)11-18(17)32-13-19(28)24-12-14-8-6-5-7-9-14/h5-11H,3-4,12-13H2,1-2H3,(H,24,28)(H,25,26,27). The third-order valence-electron chi connectivity index (χ3n) is 4.30. The number of nitrogens with zero attached hydrogens (tertiary/aromatic N) is 2. The minimum Gasteiger partial charge on any atom is -0.490 e. The Morgan fingerprint density at radius 2 is 1.78 bits per heavy atom. The lowest BCUT2D eigenvalue weighted by molar-refractivity contribution is -0.123. The fourth-order valence-corrected chi connectivity index (χ4v) is 3.36. The first-order valence-electron chi connectivity index (χ1n) is 10.0. The van der Waals surface area contributed by atoms with E-state index in [1.165, 1.54) is 0 Å². The van der Waals surface area contributed by atoms with Gasteiger partial charge in [0.2, 0.25) is 0 Å². The Morgan fingerprint density at radius 3 is 2.50 bits per heavy atom. The second-order valence-electron chi connectivity index (χ2n) is 6.50. The molecule has 0 unspecified atom stereocenters. The lowest BCUT2D eigenvalue weighted by atomic mass is 10.1. The minimum absolute atomic E-state index is 0.0592. The van der Waals surface area contributed by atoms with E-state index in [4.69, 9.17) is 14.2 Å². The van der Waals surface area contributed by atoms with E-state index in [0.29, 0.717) is 40.4 Å². The van der Waals surface area contributed by atoms with Crippen molar-refractivity contribution in [2.75, 3.05) is 19.8 Å². The van der Waals surface area contributed by atoms with Crippen LogP contribution in [0.4, 0.5) is 0 Å². The number of carbonyl (C=O) groups is 2. The number of esters is 1. The Kier molecular flexibility index (Phi) is 8.20. The van der Waals surface area contributed by atoms with E-state index >= 15 is 0 Å². The molecule has 0 aliphatic carbocycles. The second-order valence-corrected chi connectivity index (χ2v) is 7.36. The van der Waals surface area contributed by atoms with Crippen molar-refractivity contribution in [2.24, 2.45) is 0 Å². The quantitative estimate of drug-likeness (QED) is 0.407. The minimum atomic E-state index is -0.587. The summed E-state index contributed by atoms with van der Waals surface area (Å²) in [6, 6.07) is 12.9. The zero-order valence-electron chi connectivity index (χ0n) is 17.7. The molecule has 3 rings (SSSR count). The molecule has 0 fully saturated rings. The number of ether oxygens (including phenoxy) is 3. The van der Waals surface area contributed by atoms with Gasteiger partial charge in [-0.15, -0.1) is 5.10 Å². The highest BCUT2D eigenvalue weighted by Gasteiger charge is 2.23. The summed E-state index contributed by atoms with van der Waals surface area (Å²) in [5, 5.41) is 13.2. The Labute approximate surface area is 193 Å². The second kappa shape index (κ2) is 11.3. The number of benzene rings is 2. The number of halogens is 1. The van der Waals surface area contributed by atoms with Gasteiger partial charge in [-0.3, -0.25) is 4.79 Å². The number of H-pyrrole nitrogens is 1. The third-order valence-corrected chi connectivity index (χ3v) is 4.95. The van der Waals surface area contributed by atoms with Crippen LogP contribution in [0, 0.1) is 0 Å². The molecule has 2 aromatic carbocycles. The molecule has 0 spiro atoms. The number of hydrogen-bond acceptors (Lipinski definition) is 7. The summed E-state index contributed by atoms with van der Waals surface area (Å²) < 4.78 is 17.0. The first-order valence-corrected chi connectivity index (χ1v) is 10.8. The van der Waals surface area contributed by atoms with Crippen molar-refractivity contribution in [3.63, 3.8) is 0 Å². The van der Waals surface area contributed by atoms with E-state index in [9.17, 15) is 9.59 Å². The molecule has 0 atom stereocenters. The summed E-state index contributed by atoms with van der Waals surface area (Å²) in [7, 11) is 0. The average Bonchev–Trinajstić information content (AvgIpc) is 3.28. The molecule has 2 N–H and O–H groups in total. The van der Waals surface area contributed by atoms with Crippen LogP contribution in [-0.2, 0) is 16.1 Å². The maximum Gasteiger partial charge on any atom is 0.361 e. The van der Waals surface area contributed by atoms with Crippen molar-refractivity contribution >= 4 is 27.8 Å². The van der Waals surface area contributed by atoms with Crippen LogP contribution in [0.15, 0.2) is 46.9 Å². The van der Waals surface area contributed by atoms with Gasteiger partial charge in [-0.25, -0.2) is 4.79 Å². The zero-order valence-corrected chi connectivity index (χ0v) is 19.3. The largest absolute Gasteiger partial charge is 0.490 e. The number of aromatic nitrogens is 3. The highest BCUT2D eigenvalue weighted by Crippen LogP contribution is 2.39. The molecule has 1 heterocycles. The lowest BCUT2D eigenvalue weighted by Crippen LogP contribution is -2.28. The van der Waals surface area contributed by atoms with Gasteiger partial charge in [-0.05, 0) is 47.5 Å². The van der Waals surface area contributed by atoms with Gasteiger partial charge in [0.25, 0.3) is 5.91 Å². The lowest BCUT2D eigenvalue weighted by Gasteiger charge is -2.14. The van der Waals surface area contributed by atoms with Gasteiger partial charge < -0.3 is 19.5 Å². The summed E-state index contributed by atoms with van der Waals surface area (Å²) in [6.07, 6.45) is 0. The zero-order chi connectivity index (χ0) is 22.9. The van der Waals surface area contributed by atoms with E-state index in [0.717, 1.165) is 5.56 Å². The number of aromatic amines is 1. The van der Waals surface area contributed by atoms with Crippen LogP contribution in [0.5, 0.6) is 11.5 Å². The van der Waals surface area contributed by atoms with Gasteiger partial charge >= 0.3 is 5.97 Å². The molecule has 3 aromatic rings. The summed E-state index contributed by atoms with van der Waals surface area (Å²) in [4.78, 5) is 24.4. The topological polar surface area (TPSA) is 115 Å². The van der Waals surface area contributed by atoms with Gasteiger partial charge in [0.1, 0.15) is 5.69 Å². The highest BCUT2D eigenvalue weighted by atomic mass is 79.9. The Hall–Kier alpha value is -3.40. The van der Waals surface area contributed by atoms with Crippen LogP contribution in [0.25, 0.3) is 11.3 Å². The van der Waals surface area contributed by atoms with E-state index in [1.807, 2.05) is 37.3 Å². The maximum atomic E-state index is 12.2. The fraction of sp³-hybridized carbons (Fsp3) is 0.273. The summed E-state index contributed by atoms with van der Waals surface area (Å²) in [5.74, 6) is -0.0768. The molecule has 10 heteroatoms. The molecule has 1 aromatic heterocycles. The molecule has 9 nitrogen and oxygen atoms in total. The van der Waals surface area contributed by atoms with Crippen molar-refractivity contribution in [3.8, 4) is 22.8 Å². The van der Waals surface area contributed by atoms with Crippen LogP contribution >= 0.6 is 15.9 Å². The predicted octanol–water partition coefficient (Wildman–Crippen LogP) is 3.50. The third kappa shape index (κ3) is 5.85. The van der Waals surface area contributed by atoms with Gasteiger partial charge in [0.15, 0.2) is 23.8 Å². The molecule has 0 saturated heterocycles. The van der Waals surface area contributed by atoms with E-state index in [1.54, 1.807) is 19.1 Å². The maximum absolute atomic E-state index is 12.2. The number of rotatable bonds is 10. The molecule has 0 saturated carbocycles. The van der Waals surface area contributed by atoms with Gasteiger partial charge in [-0.2, -0.15) is 10.3 Å². The van der Waals surface area contributed by atoms with Crippen molar-refractivity contribution in [1.29, 1.82) is 0 Å². The van der Waals surface area contributed by atoms with Crippen molar-refractivity contribution < 1.29 is 23.8 Å². The first-order chi connectivity index (χ1) is 15.5. The van der Waals surface area contributed by atoms with Crippen molar-refractivity contribution in [2.45, 2.75) is 20.4 Å². The van der Waals surface area contributed by atoms with Gasteiger partial charge in [-0.1, -0.05) is 30.3 Å². The van der Waals surface area contributed by atoms with Crippen molar-refractivity contribution in [1.82, 2.24) is 20.7 Å². The first kappa shape index (κ1) is 23.3. The Bertz CT molecular complexity index is 1070. The summed E-state index contributed by atoms with van der Waals surface area (Å²) >= 11 is 3.47. The highest BCUT2D eigenvalue weighted by molar-refractivity contribution is 9.10. The predicted molar refractivity (Wildman–Crippen MR) is 120 cm³/mol. The number of carbonyl (C=O) groups excluding carboxylic acids is 2.